The van der Waals surface area contributed by atoms with Crippen molar-refractivity contribution in [1.29, 1.82) is 0 Å². The van der Waals surface area contributed by atoms with Gasteiger partial charge in [-0.05, 0) is 32.1 Å². The van der Waals surface area contributed by atoms with Crippen molar-refractivity contribution in [3.63, 3.8) is 0 Å². The van der Waals surface area contributed by atoms with Gasteiger partial charge in [0.25, 0.3) is 0 Å². The summed E-state index contributed by atoms with van der Waals surface area (Å²) in [6, 6.07) is -0.634. The molecule has 0 heterocycles. The summed E-state index contributed by atoms with van der Waals surface area (Å²) >= 11 is 0. The topological polar surface area (TPSA) is 69.6 Å². The van der Waals surface area contributed by atoms with Gasteiger partial charge in [-0.2, -0.15) is 0 Å². The van der Waals surface area contributed by atoms with E-state index in [0.29, 0.717) is 6.42 Å². The smallest absolute Gasteiger partial charge is 0.220 e. The molecule has 0 aliphatic heterocycles. The lowest BCUT2D eigenvalue weighted by atomic mass is 10.0. The maximum Gasteiger partial charge on any atom is 0.220 e. The first-order valence-corrected chi connectivity index (χ1v) is 23.1. The van der Waals surface area contributed by atoms with Gasteiger partial charge in [0.05, 0.1) is 18.8 Å². The van der Waals surface area contributed by atoms with Crippen LogP contribution < -0.4 is 5.32 Å². The van der Waals surface area contributed by atoms with Gasteiger partial charge >= 0.3 is 0 Å². The standard InChI is InChI=1S/C47H91NO3/c1-3-5-7-9-11-13-15-17-19-21-22-23-24-25-26-27-28-30-32-34-36-38-40-42-46(50)45(44-49)48-47(51)43-41-39-37-35-33-31-29-20-18-16-14-12-10-8-6-4-2/h32,34,40,42,45-46,49-50H,3-31,33,35-39,41,43-44H2,1-2H3,(H,48,51)/b34-32+,42-40+. The van der Waals surface area contributed by atoms with E-state index in [1.807, 2.05) is 6.08 Å². The lowest BCUT2D eigenvalue weighted by Gasteiger charge is -2.19. The highest BCUT2D eigenvalue weighted by Crippen LogP contribution is 2.16. The molecule has 0 aromatic rings. The van der Waals surface area contributed by atoms with E-state index in [9.17, 15) is 15.0 Å². The fraction of sp³-hybridized carbons (Fsp3) is 0.894. The van der Waals surface area contributed by atoms with Crippen LogP contribution in [0.4, 0.5) is 0 Å². The molecule has 302 valence electrons. The Morgan fingerprint density at radius 1 is 0.451 bits per heavy atom. The van der Waals surface area contributed by atoms with Crippen molar-refractivity contribution < 1.29 is 15.0 Å². The largest absolute Gasteiger partial charge is 0.394 e. The third-order valence-corrected chi connectivity index (χ3v) is 10.7. The van der Waals surface area contributed by atoms with Crippen molar-refractivity contribution in [2.24, 2.45) is 0 Å². The first-order chi connectivity index (χ1) is 25.2. The lowest BCUT2D eigenvalue weighted by Crippen LogP contribution is -2.45. The first kappa shape index (κ1) is 49.9. The van der Waals surface area contributed by atoms with Crippen LogP contribution in [-0.4, -0.2) is 34.9 Å². The number of unbranched alkanes of at least 4 members (excludes halogenated alkanes) is 33. The maximum absolute atomic E-state index is 12.4. The molecule has 0 rings (SSSR count). The second-order valence-electron chi connectivity index (χ2n) is 15.8. The Morgan fingerprint density at radius 2 is 0.765 bits per heavy atom. The van der Waals surface area contributed by atoms with E-state index in [1.165, 1.54) is 199 Å². The number of allylic oxidation sites excluding steroid dienone is 3. The van der Waals surface area contributed by atoms with Gasteiger partial charge in [0, 0.05) is 6.42 Å². The quantitative estimate of drug-likeness (QED) is 0.0435. The normalized spacial score (nSPS) is 13.1. The van der Waals surface area contributed by atoms with Gasteiger partial charge in [0.2, 0.25) is 5.91 Å². The van der Waals surface area contributed by atoms with E-state index >= 15 is 0 Å². The highest BCUT2D eigenvalue weighted by Gasteiger charge is 2.17. The Hall–Kier alpha value is -1.13. The molecular formula is C47H91NO3. The van der Waals surface area contributed by atoms with E-state index in [2.05, 4.69) is 31.3 Å². The van der Waals surface area contributed by atoms with Gasteiger partial charge in [0.15, 0.2) is 0 Å². The molecule has 0 saturated carbocycles. The molecule has 3 N–H and O–H groups in total. The third kappa shape index (κ3) is 39.9. The average molecular weight is 718 g/mol. The van der Waals surface area contributed by atoms with E-state index in [0.717, 1.165) is 32.1 Å². The SMILES string of the molecule is CCCCCCCCCCCCCCCCCCC/C=C/CC/C=C/C(O)C(CO)NC(=O)CCCCCCCCCCCCCCCCCC. The summed E-state index contributed by atoms with van der Waals surface area (Å²) in [5.74, 6) is -0.0702. The van der Waals surface area contributed by atoms with E-state index in [1.54, 1.807) is 6.08 Å². The second kappa shape index (κ2) is 43.3. The van der Waals surface area contributed by atoms with Crippen LogP contribution >= 0.6 is 0 Å². The average Bonchev–Trinajstić information content (AvgIpc) is 3.13. The predicted molar refractivity (Wildman–Crippen MR) is 225 cm³/mol. The Morgan fingerprint density at radius 3 is 1.14 bits per heavy atom. The Labute approximate surface area is 319 Å². The van der Waals surface area contributed by atoms with Crippen molar-refractivity contribution in [2.75, 3.05) is 6.61 Å². The predicted octanol–water partition coefficient (Wildman–Crippen LogP) is 14.4. The van der Waals surface area contributed by atoms with Crippen LogP contribution in [-0.2, 0) is 4.79 Å². The van der Waals surface area contributed by atoms with Gasteiger partial charge in [0.1, 0.15) is 0 Å². The van der Waals surface area contributed by atoms with E-state index in [-0.39, 0.29) is 12.5 Å². The van der Waals surface area contributed by atoms with Crippen molar-refractivity contribution in [3.8, 4) is 0 Å². The zero-order valence-corrected chi connectivity index (χ0v) is 34.6. The monoisotopic (exact) mass is 718 g/mol. The molecule has 0 spiro atoms. The molecule has 4 heteroatoms. The van der Waals surface area contributed by atoms with Gasteiger partial charge in [-0.1, -0.05) is 237 Å². The number of hydrogen-bond donors (Lipinski definition) is 3. The zero-order chi connectivity index (χ0) is 37.1. The number of rotatable bonds is 42. The highest BCUT2D eigenvalue weighted by molar-refractivity contribution is 5.76. The summed E-state index contributed by atoms with van der Waals surface area (Å²) < 4.78 is 0. The van der Waals surface area contributed by atoms with E-state index < -0.39 is 12.1 Å². The molecule has 0 bridgehead atoms. The molecule has 1 amide bonds. The third-order valence-electron chi connectivity index (χ3n) is 10.7. The van der Waals surface area contributed by atoms with Crippen LogP contribution in [0, 0.1) is 0 Å². The Bertz CT molecular complexity index is 735. The summed E-state index contributed by atoms with van der Waals surface area (Å²) in [6.07, 6.45) is 55.8. The van der Waals surface area contributed by atoms with Crippen molar-refractivity contribution in [3.05, 3.63) is 24.3 Å². The number of carbonyl (C=O) groups excluding carboxylic acids is 1. The molecule has 0 aliphatic carbocycles. The van der Waals surface area contributed by atoms with Crippen LogP contribution in [0.1, 0.15) is 251 Å². The number of nitrogens with one attached hydrogen (secondary N) is 1. The number of aliphatic hydroxyl groups excluding tert-OH is 2. The molecule has 0 aliphatic rings. The highest BCUT2D eigenvalue weighted by atomic mass is 16.3. The number of amides is 1. The van der Waals surface area contributed by atoms with Crippen molar-refractivity contribution >= 4 is 5.91 Å². The van der Waals surface area contributed by atoms with Crippen LogP contribution in [0.15, 0.2) is 24.3 Å². The summed E-state index contributed by atoms with van der Waals surface area (Å²) in [5.41, 5.74) is 0. The fourth-order valence-corrected chi connectivity index (χ4v) is 7.14. The molecule has 0 aromatic heterocycles. The van der Waals surface area contributed by atoms with Gasteiger partial charge < -0.3 is 15.5 Å². The van der Waals surface area contributed by atoms with Crippen LogP contribution in [0.25, 0.3) is 0 Å². The summed E-state index contributed by atoms with van der Waals surface area (Å²) in [4.78, 5) is 12.4. The molecule has 2 atom stereocenters. The van der Waals surface area contributed by atoms with Gasteiger partial charge in [-0.25, -0.2) is 0 Å². The van der Waals surface area contributed by atoms with Crippen LogP contribution in [0.3, 0.4) is 0 Å². The number of aliphatic hydroxyl groups is 2. The molecule has 51 heavy (non-hydrogen) atoms. The number of hydrogen-bond acceptors (Lipinski definition) is 3. The number of carbonyl (C=O) groups is 1. The minimum atomic E-state index is -0.858. The molecule has 0 aromatic carbocycles. The summed E-state index contributed by atoms with van der Waals surface area (Å²) in [5, 5.41) is 23.0. The Kier molecular flexibility index (Phi) is 42.3. The van der Waals surface area contributed by atoms with Crippen LogP contribution in [0.2, 0.25) is 0 Å². The molecule has 0 radical (unpaired) electrons. The van der Waals surface area contributed by atoms with Gasteiger partial charge in [-0.3, -0.25) is 4.79 Å². The molecule has 0 saturated heterocycles. The lowest BCUT2D eigenvalue weighted by molar-refractivity contribution is -0.123. The Balaban J connectivity index is 3.56. The summed E-state index contributed by atoms with van der Waals surface area (Å²) in [6.45, 7) is 4.32. The van der Waals surface area contributed by atoms with Gasteiger partial charge in [-0.15, -0.1) is 0 Å². The minimum absolute atomic E-state index is 0.0702. The first-order valence-electron chi connectivity index (χ1n) is 23.1. The van der Waals surface area contributed by atoms with Crippen molar-refractivity contribution in [2.45, 2.75) is 264 Å². The fourth-order valence-electron chi connectivity index (χ4n) is 7.14. The van der Waals surface area contributed by atoms with E-state index in [4.69, 9.17) is 0 Å². The zero-order valence-electron chi connectivity index (χ0n) is 34.6. The van der Waals surface area contributed by atoms with Crippen molar-refractivity contribution in [1.82, 2.24) is 5.32 Å². The minimum Gasteiger partial charge on any atom is -0.394 e. The second-order valence-corrected chi connectivity index (χ2v) is 15.8. The summed E-state index contributed by atoms with van der Waals surface area (Å²) in [7, 11) is 0. The van der Waals surface area contributed by atoms with Crippen LogP contribution in [0.5, 0.6) is 0 Å². The molecular weight excluding hydrogens is 627 g/mol. The molecule has 0 fully saturated rings. The molecule has 4 nitrogen and oxygen atoms in total. The molecule has 2 unspecified atom stereocenters. The maximum atomic E-state index is 12.4.